The van der Waals surface area contributed by atoms with Crippen molar-refractivity contribution in [2.45, 2.75) is 24.8 Å². The van der Waals surface area contributed by atoms with Crippen LogP contribution in [0.15, 0.2) is 84.1 Å². The molecule has 0 bridgehead atoms. The van der Waals surface area contributed by atoms with Crippen LogP contribution in [0.1, 0.15) is 35.9 Å². The first-order valence-corrected chi connectivity index (χ1v) is 11.4. The molecule has 3 aromatic carbocycles. The molecule has 1 aliphatic carbocycles. The lowest BCUT2D eigenvalue weighted by Gasteiger charge is -2.36. The summed E-state index contributed by atoms with van der Waals surface area (Å²) in [6.45, 7) is 0. The number of nitrogens with one attached hydrogen (secondary N) is 1. The lowest BCUT2D eigenvalue weighted by molar-refractivity contribution is -0.116. The van der Waals surface area contributed by atoms with Crippen LogP contribution in [0.2, 0.25) is 0 Å². The average Bonchev–Trinajstić information content (AvgIpc) is 3.25. The van der Waals surface area contributed by atoms with Gasteiger partial charge >= 0.3 is 0 Å². The first-order chi connectivity index (χ1) is 16.7. The van der Waals surface area contributed by atoms with E-state index in [4.69, 9.17) is 14.5 Å². The second-order valence-electron chi connectivity index (χ2n) is 8.77. The summed E-state index contributed by atoms with van der Waals surface area (Å²) >= 11 is 0. The van der Waals surface area contributed by atoms with Crippen LogP contribution in [0, 0.1) is 0 Å². The summed E-state index contributed by atoms with van der Waals surface area (Å²) in [4.78, 5) is 18.6. The summed E-state index contributed by atoms with van der Waals surface area (Å²) in [5.74, 6) is 2.33. The lowest BCUT2D eigenvalue weighted by Crippen LogP contribution is -2.33. The number of rotatable bonds is 4. The van der Waals surface area contributed by atoms with E-state index in [0.717, 1.165) is 45.8 Å². The van der Waals surface area contributed by atoms with Gasteiger partial charge in [0.15, 0.2) is 17.3 Å². The van der Waals surface area contributed by atoms with E-state index in [1.807, 2.05) is 54.6 Å². The molecule has 6 rings (SSSR count). The van der Waals surface area contributed by atoms with Gasteiger partial charge in [0.05, 0.1) is 31.3 Å². The van der Waals surface area contributed by atoms with Crippen molar-refractivity contribution in [1.82, 2.24) is 9.55 Å². The molecule has 1 N–H and O–H groups in total. The number of ether oxygens (including phenoxy) is 2. The second kappa shape index (κ2) is 8.06. The zero-order valence-electron chi connectivity index (χ0n) is 19.1. The van der Waals surface area contributed by atoms with E-state index in [9.17, 15) is 4.79 Å². The Kier molecular flexibility index (Phi) is 4.87. The van der Waals surface area contributed by atoms with Crippen molar-refractivity contribution in [3.63, 3.8) is 0 Å². The predicted octanol–water partition coefficient (Wildman–Crippen LogP) is 5.47. The number of carbonyl (C=O) groups excluding carboxylic acids is 1. The van der Waals surface area contributed by atoms with E-state index in [1.54, 1.807) is 14.2 Å². The van der Waals surface area contributed by atoms with Crippen LogP contribution in [0.25, 0.3) is 11.0 Å². The number of anilines is 1. The number of ketones is 1. The highest BCUT2D eigenvalue weighted by Crippen LogP contribution is 2.46. The summed E-state index contributed by atoms with van der Waals surface area (Å²) in [6.07, 6.45) is 1.17. The number of hydrogen-bond acceptors (Lipinski definition) is 5. The number of nitrogens with zero attached hydrogens (tertiary/aromatic N) is 2. The van der Waals surface area contributed by atoms with E-state index in [0.29, 0.717) is 17.9 Å². The van der Waals surface area contributed by atoms with E-state index >= 15 is 0 Å². The van der Waals surface area contributed by atoms with Crippen LogP contribution in [-0.2, 0) is 4.79 Å². The van der Waals surface area contributed by atoms with Crippen molar-refractivity contribution in [2.75, 3.05) is 19.5 Å². The van der Waals surface area contributed by atoms with Gasteiger partial charge < -0.3 is 14.8 Å². The number of allylic oxidation sites excluding steroid dienone is 2. The molecule has 6 nitrogen and oxygen atoms in total. The third kappa shape index (κ3) is 3.17. The molecule has 0 radical (unpaired) electrons. The zero-order chi connectivity index (χ0) is 23.2. The van der Waals surface area contributed by atoms with Gasteiger partial charge in [-0.2, -0.15) is 0 Å². The van der Waals surface area contributed by atoms with Crippen molar-refractivity contribution in [3.05, 3.63) is 95.2 Å². The van der Waals surface area contributed by atoms with Crippen LogP contribution in [-0.4, -0.2) is 29.6 Å². The molecule has 1 aromatic heterocycles. The average molecular weight is 452 g/mol. The smallest absolute Gasteiger partial charge is 0.209 e. The Balaban J connectivity index is 1.47. The largest absolute Gasteiger partial charge is 0.493 e. The molecular weight excluding hydrogens is 426 g/mol. The molecule has 0 unspecified atom stereocenters. The SMILES string of the molecule is COc1ccc([C@H]2CC(=O)C3=C(C2)Nc2nc4ccccc4n2[C@@H]3c2ccccc2)cc1OC. The van der Waals surface area contributed by atoms with Crippen LogP contribution in [0.5, 0.6) is 11.5 Å². The van der Waals surface area contributed by atoms with Gasteiger partial charge in [0, 0.05) is 17.7 Å². The lowest BCUT2D eigenvalue weighted by atomic mass is 9.77. The normalized spacial score (nSPS) is 19.4. The first-order valence-electron chi connectivity index (χ1n) is 11.4. The molecule has 170 valence electrons. The van der Waals surface area contributed by atoms with Gasteiger partial charge in [-0.15, -0.1) is 0 Å². The van der Waals surface area contributed by atoms with Crippen molar-refractivity contribution < 1.29 is 14.3 Å². The van der Waals surface area contributed by atoms with Gasteiger partial charge in [-0.3, -0.25) is 9.36 Å². The summed E-state index contributed by atoms with van der Waals surface area (Å²) in [7, 11) is 3.26. The third-order valence-electron chi connectivity index (χ3n) is 6.89. The number of imidazole rings is 1. The molecule has 0 fully saturated rings. The minimum Gasteiger partial charge on any atom is -0.493 e. The highest BCUT2D eigenvalue weighted by Gasteiger charge is 2.39. The molecular formula is C28H25N3O3. The molecule has 0 amide bonds. The molecule has 1 aliphatic heterocycles. The quantitative estimate of drug-likeness (QED) is 0.446. The first kappa shape index (κ1) is 20.5. The Morgan fingerprint density at radius 3 is 2.44 bits per heavy atom. The van der Waals surface area contributed by atoms with Crippen LogP contribution in [0.4, 0.5) is 5.95 Å². The number of aromatic nitrogens is 2. The molecule has 34 heavy (non-hydrogen) atoms. The van der Waals surface area contributed by atoms with Crippen molar-refractivity contribution in [2.24, 2.45) is 0 Å². The van der Waals surface area contributed by atoms with Gasteiger partial charge in [-0.1, -0.05) is 48.5 Å². The monoisotopic (exact) mass is 451 g/mol. The van der Waals surface area contributed by atoms with Gasteiger partial charge in [-0.25, -0.2) is 4.98 Å². The Hall–Kier alpha value is -4.06. The Morgan fingerprint density at radius 2 is 1.65 bits per heavy atom. The molecule has 0 saturated carbocycles. The summed E-state index contributed by atoms with van der Waals surface area (Å²) in [5.41, 5.74) is 5.86. The number of fused-ring (bicyclic) bond motifs is 3. The number of methoxy groups -OCH3 is 2. The van der Waals surface area contributed by atoms with Gasteiger partial charge in [0.25, 0.3) is 0 Å². The maximum absolute atomic E-state index is 13.8. The molecule has 2 aliphatic rings. The molecule has 0 spiro atoms. The van der Waals surface area contributed by atoms with E-state index in [2.05, 4.69) is 28.1 Å². The second-order valence-corrected chi connectivity index (χ2v) is 8.77. The summed E-state index contributed by atoms with van der Waals surface area (Å²) in [5, 5.41) is 3.52. The van der Waals surface area contributed by atoms with E-state index in [1.165, 1.54) is 0 Å². The summed E-state index contributed by atoms with van der Waals surface area (Å²) in [6, 6.07) is 24.0. The minimum absolute atomic E-state index is 0.0471. The molecule has 2 heterocycles. The standard InChI is InChI=1S/C28H25N3O3/c1-33-24-13-12-18(16-25(24)34-2)19-14-21-26(23(32)15-19)27(17-8-4-3-5-9-17)31-22-11-7-6-10-20(22)29-28(31)30-21/h3-13,16,19,27H,14-15H2,1-2H3,(H,29,30)/t19-,27-/m1/s1. The highest BCUT2D eigenvalue weighted by molar-refractivity contribution is 6.01. The van der Waals surface area contributed by atoms with Crippen molar-refractivity contribution in [3.8, 4) is 11.5 Å². The Morgan fingerprint density at radius 1 is 0.882 bits per heavy atom. The molecule has 2 atom stereocenters. The topological polar surface area (TPSA) is 65.4 Å². The van der Waals surface area contributed by atoms with Crippen molar-refractivity contribution >= 4 is 22.8 Å². The van der Waals surface area contributed by atoms with E-state index in [-0.39, 0.29) is 17.7 Å². The third-order valence-corrected chi connectivity index (χ3v) is 6.89. The molecule has 4 aromatic rings. The van der Waals surface area contributed by atoms with Gasteiger partial charge in [0.2, 0.25) is 5.95 Å². The Bertz CT molecular complexity index is 1440. The van der Waals surface area contributed by atoms with Crippen LogP contribution in [0.3, 0.4) is 0 Å². The minimum atomic E-state index is -0.210. The number of carbonyl (C=O) groups is 1. The fourth-order valence-electron chi connectivity index (χ4n) is 5.32. The number of hydrogen-bond donors (Lipinski definition) is 1. The predicted molar refractivity (Wildman–Crippen MR) is 131 cm³/mol. The zero-order valence-corrected chi connectivity index (χ0v) is 19.1. The highest BCUT2D eigenvalue weighted by atomic mass is 16.5. The maximum atomic E-state index is 13.8. The molecule has 6 heteroatoms. The van der Waals surface area contributed by atoms with Gasteiger partial charge in [0.1, 0.15) is 0 Å². The number of Topliss-reactive ketones (excluding diaryl/α,β-unsaturated/α-hetero) is 1. The van der Waals surface area contributed by atoms with Crippen LogP contribution >= 0.6 is 0 Å². The summed E-state index contributed by atoms with van der Waals surface area (Å²) < 4.78 is 13.1. The number of benzene rings is 3. The van der Waals surface area contributed by atoms with Gasteiger partial charge in [-0.05, 0) is 47.7 Å². The van der Waals surface area contributed by atoms with Crippen molar-refractivity contribution in [1.29, 1.82) is 0 Å². The maximum Gasteiger partial charge on any atom is 0.209 e. The van der Waals surface area contributed by atoms with E-state index < -0.39 is 0 Å². The molecule has 0 saturated heterocycles. The van der Waals surface area contributed by atoms with Crippen LogP contribution < -0.4 is 14.8 Å². The fourth-order valence-corrected chi connectivity index (χ4v) is 5.32. The number of para-hydroxylation sites is 2. The Labute approximate surface area is 197 Å². The fraction of sp³-hybridized carbons (Fsp3) is 0.214.